The Kier molecular flexibility index (Phi) is 5.81. The molecule has 5 heteroatoms. The van der Waals surface area contributed by atoms with Gasteiger partial charge in [-0.3, -0.25) is 4.99 Å². The largest absolute Gasteiger partial charge is 0.355 e. The molecule has 2 saturated carbocycles. The molecule has 3 rings (SSSR count). The minimum atomic E-state index is 0.358. The Labute approximate surface area is 148 Å². The van der Waals surface area contributed by atoms with Crippen molar-refractivity contribution in [2.45, 2.75) is 53.0 Å². The van der Waals surface area contributed by atoms with E-state index < -0.39 is 0 Å². The van der Waals surface area contributed by atoms with Gasteiger partial charge in [0.15, 0.2) is 5.96 Å². The lowest BCUT2D eigenvalue weighted by molar-refractivity contribution is 0.612. The topological polar surface area (TPSA) is 36.4 Å². The molecule has 2 unspecified atom stereocenters. The number of nitrogens with one attached hydrogen (secondary N) is 2. The molecule has 3 nitrogen and oxygen atoms in total. The van der Waals surface area contributed by atoms with Gasteiger partial charge in [-0.05, 0) is 50.5 Å². The van der Waals surface area contributed by atoms with Crippen LogP contribution < -0.4 is 10.6 Å². The Morgan fingerprint density at radius 3 is 2.65 bits per heavy atom. The maximum absolute atomic E-state index is 4.42. The Morgan fingerprint density at radius 2 is 2.04 bits per heavy atom. The molecule has 0 radical (unpaired) electrons. The number of aliphatic imine (C=N–C) groups is 1. The highest BCUT2D eigenvalue weighted by Crippen LogP contribution is 2.51. The van der Waals surface area contributed by atoms with E-state index in [0.29, 0.717) is 10.8 Å². The predicted octanol–water partition coefficient (Wildman–Crippen LogP) is 3.76. The Bertz CT molecular complexity index is 528. The van der Waals surface area contributed by atoms with Gasteiger partial charge in [0.25, 0.3) is 0 Å². The lowest BCUT2D eigenvalue weighted by Gasteiger charge is -2.21. The molecule has 2 atom stereocenters. The second-order valence-electron chi connectivity index (χ2n) is 6.54. The van der Waals surface area contributed by atoms with E-state index in [1.807, 2.05) is 30.6 Å². The van der Waals surface area contributed by atoms with Crippen molar-refractivity contribution in [3.05, 3.63) is 30.3 Å². The molecule has 0 heterocycles. The summed E-state index contributed by atoms with van der Waals surface area (Å²) in [5, 5.41) is 7.99. The fourth-order valence-electron chi connectivity index (χ4n) is 3.11. The van der Waals surface area contributed by atoms with Gasteiger partial charge in [0, 0.05) is 34.5 Å². The zero-order valence-corrected chi connectivity index (χ0v) is 15.7. The highest BCUT2D eigenvalue weighted by atomic mass is 32.2. The first-order valence-corrected chi connectivity index (χ1v) is 10.6. The van der Waals surface area contributed by atoms with Crippen molar-refractivity contribution in [3.63, 3.8) is 0 Å². The third kappa shape index (κ3) is 4.83. The first-order valence-electron chi connectivity index (χ1n) is 8.47. The number of rotatable bonds is 6. The van der Waals surface area contributed by atoms with Crippen LogP contribution in [0.3, 0.4) is 0 Å². The van der Waals surface area contributed by atoms with Crippen molar-refractivity contribution >= 4 is 29.5 Å². The summed E-state index contributed by atoms with van der Waals surface area (Å²) in [5.74, 6) is 0.969. The van der Waals surface area contributed by atoms with E-state index in [2.05, 4.69) is 52.2 Å². The molecule has 2 fully saturated rings. The van der Waals surface area contributed by atoms with E-state index in [1.54, 1.807) is 0 Å². The zero-order chi connectivity index (χ0) is 16.1. The lowest BCUT2D eigenvalue weighted by Crippen LogP contribution is -2.45. The minimum Gasteiger partial charge on any atom is -0.355 e. The maximum Gasteiger partial charge on any atom is 0.191 e. The third-order valence-corrected chi connectivity index (χ3v) is 7.33. The number of benzene rings is 1. The van der Waals surface area contributed by atoms with Gasteiger partial charge in [0.05, 0.1) is 0 Å². The molecule has 2 aliphatic rings. The summed E-state index contributed by atoms with van der Waals surface area (Å²) in [5.41, 5.74) is 0. The average Bonchev–Trinajstić information content (AvgIpc) is 3.19. The normalized spacial score (nSPS) is 26.1. The summed E-state index contributed by atoms with van der Waals surface area (Å²) in [7, 11) is 1.88. The second kappa shape index (κ2) is 7.84. The summed E-state index contributed by atoms with van der Waals surface area (Å²) >= 11 is 4.00. The average molecular weight is 350 g/mol. The van der Waals surface area contributed by atoms with Crippen LogP contribution in [0.2, 0.25) is 0 Å². The summed E-state index contributed by atoms with van der Waals surface area (Å²) < 4.78 is 0.358. The first kappa shape index (κ1) is 17.0. The molecular formula is C18H27N3S2. The van der Waals surface area contributed by atoms with Crippen molar-refractivity contribution < 1.29 is 0 Å². The molecule has 126 valence electrons. The zero-order valence-electron chi connectivity index (χ0n) is 14.0. The molecule has 23 heavy (non-hydrogen) atoms. The van der Waals surface area contributed by atoms with E-state index in [9.17, 15) is 0 Å². The van der Waals surface area contributed by atoms with Crippen molar-refractivity contribution in [2.75, 3.05) is 19.8 Å². The van der Waals surface area contributed by atoms with Crippen molar-refractivity contribution in [1.29, 1.82) is 0 Å². The van der Waals surface area contributed by atoms with E-state index in [-0.39, 0.29) is 0 Å². The highest BCUT2D eigenvalue weighted by molar-refractivity contribution is 8.01. The van der Waals surface area contributed by atoms with E-state index >= 15 is 0 Å². The standard InChI is InChI=1S/C18H27N3S2/c1-19-17(21-14-8-9-16(12-14)22-2)20-13-18(10-11-18)23-15-6-4-3-5-7-15/h3-7,14,16H,8-13H2,1-2H3,(H2,19,20,21). The van der Waals surface area contributed by atoms with Gasteiger partial charge in [0.1, 0.15) is 0 Å². The second-order valence-corrected chi connectivity index (χ2v) is 9.22. The van der Waals surface area contributed by atoms with Crippen LogP contribution in [0.25, 0.3) is 0 Å². The molecule has 0 spiro atoms. The molecule has 0 amide bonds. The van der Waals surface area contributed by atoms with Crippen LogP contribution in [0.4, 0.5) is 0 Å². The summed E-state index contributed by atoms with van der Waals surface area (Å²) in [6.45, 7) is 0.991. The molecule has 0 aromatic heterocycles. The molecular weight excluding hydrogens is 322 g/mol. The number of guanidine groups is 1. The van der Waals surface area contributed by atoms with Gasteiger partial charge >= 0.3 is 0 Å². The molecule has 1 aromatic carbocycles. The van der Waals surface area contributed by atoms with Crippen LogP contribution in [0.15, 0.2) is 40.2 Å². The van der Waals surface area contributed by atoms with Crippen molar-refractivity contribution in [3.8, 4) is 0 Å². The maximum atomic E-state index is 4.42. The monoisotopic (exact) mass is 349 g/mol. The third-order valence-electron chi connectivity index (χ3n) is 4.75. The van der Waals surface area contributed by atoms with Gasteiger partial charge < -0.3 is 10.6 Å². The van der Waals surface area contributed by atoms with Gasteiger partial charge in [-0.25, -0.2) is 0 Å². The van der Waals surface area contributed by atoms with Crippen LogP contribution in [0.1, 0.15) is 32.1 Å². The number of nitrogens with zero attached hydrogens (tertiary/aromatic N) is 1. The number of hydrogen-bond donors (Lipinski definition) is 2. The van der Waals surface area contributed by atoms with Gasteiger partial charge in [0.2, 0.25) is 0 Å². The van der Waals surface area contributed by atoms with Crippen molar-refractivity contribution in [2.24, 2.45) is 4.99 Å². The van der Waals surface area contributed by atoms with E-state index in [1.165, 1.54) is 37.0 Å². The first-order chi connectivity index (χ1) is 11.2. The molecule has 2 aliphatic carbocycles. The van der Waals surface area contributed by atoms with E-state index in [0.717, 1.165) is 17.8 Å². The number of hydrogen-bond acceptors (Lipinski definition) is 3. The fraction of sp³-hybridized carbons (Fsp3) is 0.611. The summed E-state index contributed by atoms with van der Waals surface area (Å²) in [4.78, 5) is 5.79. The van der Waals surface area contributed by atoms with Crippen LogP contribution >= 0.6 is 23.5 Å². The molecule has 1 aromatic rings. The van der Waals surface area contributed by atoms with Gasteiger partial charge in [-0.1, -0.05) is 18.2 Å². The quantitative estimate of drug-likeness (QED) is 0.606. The van der Waals surface area contributed by atoms with Crippen LogP contribution in [0, 0.1) is 0 Å². The van der Waals surface area contributed by atoms with Crippen LogP contribution in [-0.2, 0) is 0 Å². The van der Waals surface area contributed by atoms with Gasteiger partial charge in [-0.2, -0.15) is 11.8 Å². The Hall–Kier alpha value is -0.810. The molecule has 2 N–H and O–H groups in total. The van der Waals surface area contributed by atoms with Crippen molar-refractivity contribution in [1.82, 2.24) is 10.6 Å². The van der Waals surface area contributed by atoms with Crippen LogP contribution in [0.5, 0.6) is 0 Å². The Balaban J connectivity index is 1.47. The fourth-order valence-corrected chi connectivity index (χ4v) is 5.15. The summed E-state index contributed by atoms with van der Waals surface area (Å²) in [6, 6.07) is 11.3. The SMILES string of the molecule is CN=C(NCC1(Sc2ccccc2)CC1)NC1CCC(SC)C1. The lowest BCUT2D eigenvalue weighted by atomic mass is 10.2. The molecule has 0 aliphatic heterocycles. The van der Waals surface area contributed by atoms with Crippen LogP contribution in [-0.4, -0.2) is 41.8 Å². The minimum absolute atomic E-state index is 0.358. The Morgan fingerprint density at radius 1 is 1.26 bits per heavy atom. The molecule has 0 bridgehead atoms. The number of thioether (sulfide) groups is 2. The smallest absolute Gasteiger partial charge is 0.191 e. The van der Waals surface area contributed by atoms with E-state index in [4.69, 9.17) is 0 Å². The molecule has 0 saturated heterocycles. The highest BCUT2D eigenvalue weighted by Gasteiger charge is 2.43. The predicted molar refractivity (Wildman–Crippen MR) is 104 cm³/mol. The van der Waals surface area contributed by atoms with Gasteiger partial charge in [-0.15, -0.1) is 11.8 Å². The summed E-state index contributed by atoms with van der Waals surface area (Å²) in [6.07, 6.45) is 8.63.